The molecule has 3 fully saturated rings. The SMILES string of the molecule is C[C@@]12CC[C@@H]3[C@H](C[C@H](O)C4=CC(=O)CC[C@@]43C)[C@H]1[C@@H](O)CC2. The van der Waals surface area contributed by atoms with Gasteiger partial charge in [0.2, 0.25) is 0 Å². The molecule has 0 bridgehead atoms. The normalized spacial score (nSPS) is 54.3. The first-order valence-corrected chi connectivity index (χ1v) is 8.96. The first kappa shape index (κ1) is 14.9. The molecule has 4 aliphatic carbocycles. The molecule has 2 N–H and O–H groups in total. The highest BCUT2D eigenvalue weighted by Gasteiger charge is 2.60. The van der Waals surface area contributed by atoms with Gasteiger partial charge in [-0.1, -0.05) is 13.8 Å². The van der Waals surface area contributed by atoms with Gasteiger partial charge in [-0.2, -0.15) is 0 Å². The molecule has 7 atom stereocenters. The summed E-state index contributed by atoms with van der Waals surface area (Å²) in [5.41, 5.74) is 1.20. The lowest BCUT2D eigenvalue weighted by molar-refractivity contribution is -0.121. The molecule has 0 aromatic carbocycles. The van der Waals surface area contributed by atoms with Gasteiger partial charge in [0.1, 0.15) is 0 Å². The van der Waals surface area contributed by atoms with Gasteiger partial charge in [-0.15, -0.1) is 0 Å². The van der Waals surface area contributed by atoms with Crippen molar-refractivity contribution in [2.24, 2.45) is 28.6 Å². The quantitative estimate of drug-likeness (QED) is 0.723. The number of aliphatic hydroxyl groups excluding tert-OH is 2. The van der Waals surface area contributed by atoms with E-state index in [0.29, 0.717) is 24.2 Å². The van der Waals surface area contributed by atoms with Crippen LogP contribution in [-0.2, 0) is 4.79 Å². The average Bonchev–Trinajstić information content (AvgIpc) is 2.77. The largest absolute Gasteiger partial charge is 0.393 e. The number of carbonyl (C=O) groups is 1. The molecular formula is C19H28O3. The van der Waals surface area contributed by atoms with E-state index in [0.717, 1.165) is 31.3 Å². The fourth-order valence-corrected chi connectivity index (χ4v) is 6.63. The van der Waals surface area contributed by atoms with Crippen LogP contribution in [0.5, 0.6) is 0 Å². The van der Waals surface area contributed by atoms with Crippen LogP contribution in [0.3, 0.4) is 0 Å². The van der Waals surface area contributed by atoms with Gasteiger partial charge >= 0.3 is 0 Å². The van der Waals surface area contributed by atoms with Crippen molar-refractivity contribution in [1.29, 1.82) is 0 Å². The van der Waals surface area contributed by atoms with Crippen LogP contribution in [0.25, 0.3) is 0 Å². The molecule has 0 saturated heterocycles. The minimum absolute atomic E-state index is 0.0418. The molecule has 0 aromatic rings. The monoisotopic (exact) mass is 304 g/mol. The van der Waals surface area contributed by atoms with Crippen LogP contribution in [0.4, 0.5) is 0 Å². The second kappa shape index (κ2) is 4.67. The third kappa shape index (κ3) is 1.85. The Hall–Kier alpha value is -0.670. The van der Waals surface area contributed by atoms with E-state index in [1.165, 1.54) is 12.8 Å². The van der Waals surface area contributed by atoms with E-state index in [1.807, 2.05) is 0 Å². The highest BCUT2D eigenvalue weighted by atomic mass is 16.3. The van der Waals surface area contributed by atoms with Gasteiger partial charge in [0.15, 0.2) is 5.78 Å². The Morgan fingerprint density at radius 3 is 2.64 bits per heavy atom. The van der Waals surface area contributed by atoms with Gasteiger partial charge in [0, 0.05) is 6.42 Å². The number of aliphatic hydroxyl groups is 2. The lowest BCUT2D eigenvalue weighted by Crippen LogP contribution is -2.54. The molecular weight excluding hydrogens is 276 g/mol. The second-order valence-corrected chi connectivity index (χ2v) is 8.83. The summed E-state index contributed by atoms with van der Waals surface area (Å²) in [6.45, 7) is 4.60. The van der Waals surface area contributed by atoms with E-state index in [2.05, 4.69) is 13.8 Å². The Balaban J connectivity index is 1.75. The average molecular weight is 304 g/mol. The van der Waals surface area contributed by atoms with Gasteiger partial charge in [0.25, 0.3) is 0 Å². The number of ketones is 1. The van der Waals surface area contributed by atoms with Crippen LogP contribution >= 0.6 is 0 Å². The summed E-state index contributed by atoms with van der Waals surface area (Å²) in [4.78, 5) is 11.8. The minimum atomic E-state index is -0.495. The number of hydrogen-bond acceptors (Lipinski definition) is 3. The zero-order chi connectivity index (χ0) is 15.7. The Bertz CT molecular complexity index is 539. The molecule has 0 unspecified atom stereocenters. The molecule has 0 radical (unpaired) electrons. The highest BCUT2D eigenvalue weighted by Crippen LogP contribution is 2.65. The van der Waals surface area contributed by atoms with Gasteiger partial charge in [-0.05, 0) is 78.8 Å². The fourth-order valence-electron chi connectivity index (χ4n) is 6.63. The van der Waals surface area contributed by atoms with Crippen molar-refractivity contribution in [3.63, 3.8) is 0 Å². The zero-order valence-electron chi connectivity index (χ0n) is 13.7. The molecule has 4 rings (SSSR count). The summed E-state index contributed by atoms with van der Waals surface area (Å²) in [7, 11) is 0. The van der Waals surface area contributed by atoms with Crippen LogP contribution in [0, 0.1) is 28.6 Å². The number of hydrogen-bond donors (Lipinski definition) is 2. The Morgan fingerprint density at radius 1 is 1.14 bits per heavy atom. The summed E-state index contributed by atoms with van der Waals surface area (Å²) < 4.78 is 0. The first-order chi connectivity index (χ1) is 10.3. The third-order valence-corrected chi connectivity index (χ3v) is 7.77. The molecule has 0 aliphatic heterocycles. The van der Waals surface area contributed by atoms with Crippen LogP contribution in [0.2, 0.25) is 0 Å². The van der Waals surface area contributed by atoms with E-state index in [-0.39, 0.29) is 22.7 Å². The molecule has 0 amide bonds. The van der Waals surface area contributed by atoms with Crippen molar-refractivity contribution in [3.8, 4) is 0 Å². The van der Waals surface area contributed by atoms with E-state index in [4.69, 9.17) is 0 Å². The van der Waals surface area contributed by atoms with E-state index < -0.39 is 6.10 Å². The Labute approximate surface area is 132 Å². The predicted octanol–water partition coefficient (Wildman–Crippen LogP) is 2.85. The van der Waals surface area contributed by atoms with Crippen LogP contribution < -0.4 is 0 Å². The van der Waals surface area contributed by atoms with Gasteiger partial charge < -0.3 is 10.2 Å². The molecule has 3 saturated carbocycles. The van der Waals surface area contributed by atoms with E-state index >= 15 is 0 Å². The molecule has 0 aromatic heterocycles. The van der Waals surface area contributed by atoms with Crippen molar-refractivity contribution in [1.82, 2.24) is 0 Å². The van der Waals surface area contributed by atoms with Crippen molar-refractivity contribution in [2.45, 2.75) is 71.0 Å². The van der Waals surface area contributed by atoms with Crippen molar-refractivity contribution in [3.05, 3.63) is 11.6 Å². The summed E-state index contributed by atoms with van der Waals surface area (Å²) in [5.74, 6) is 1.42. The minimum Gasteiger partial charge on any atom is -0.393 e. The van der Waals surface area contributed by atoms with Crippen LogP contribution in [-0.4, -0.2) is 28.2 Å². The Kier molecular flexibility index (Phi) is 3.16. The van der Waals surface area contributed by atoms with Crippen molar-refractivity contribution >= 4 is 5.78 Å². The standard InChI is InChI=1S/C19H28O3/c1-18-6-4-13-12(17(18)15(21)5-7-18)10-16(22)14-9-11(20)3-8-19(13,14)2/h9,12-13,15-17,21-22H,3-8,10H2,1-2H3/t12-,13+,15-,16-,17-,18-,19+/m0/s1. The van der Waals surface area contributed by atoms with E-state index in [1.54, 1.807) is 6.08 Å². The van der Waals surface area contributed by atoms with Gasteiger partial charge in [-0.25, -0.2) is 0 Å². The van der Waals surface area contributed by atoms with Crippen LogP contribution in [0.1, 0.15) is 58.8 Å². The van der Waals surface area contributed by atoms with Crippen molar-refractivity contribution < 1.29 is 15.0 Å². The summed E-state index contributed by atoms with van der Waals surface area (Å²) in [5, 5.41) is 21.3. The summed E-state index contributed by atoms with van der Waals surface area (Å²) in [6.07, 6.45) is 7.65. The molecule has 122 valence electrons. The number of fused-ring (bicyclic) bond motifs is 5. The zero-order valence-corrected chi connectivity index (χ0v) is 13.7. The van der Waals surface area contributed by atoms with Gasteiger partial charge in [-0.3, -0.25) is 4.79 Å². The maximum absolute atomic E-state index is 11.8. The fraction of sp³-hybridized carbons (Fsp3) is 0.842. The van der Waals surface area contributed by atoms with Gasteiger partial charge in [0.05, 0.1) is 12.2 Å². The summed E-state index contributed by atoms with van der Waals surface area (Å²) in [6, 6.07) is 0. The molecule has 0 heterocycles. The predicted molar refractivity (Wildman–Crippen MR) is 84.1 cm³/mol. The molecule has 4 aliphatic rings. The highest BCUT2D eigenvalue weighted by molar-refractivity contribution is 5.91. The van der Waals surface area contributed by atoms with Crippen LogP contribution in [0.15, 0.2) is 11.6 Å². The lowest BCUT2D eigenvalue weighted by Gasteiger charge is -2.58. The number of carbonyl (C=O) groups excluding carboxylic acids is 1. The molecule has 3 nitrogen and oxygen atoms in total. The molecule has 0 spiro atoms. The lowest BCUT2D eigenvalue weighted by atomic mass is 9.47. The maximum atomic E-state index is 11.8. The molecule has 22 heavy (non-hydrogen) atoms. The van der Waals surface area contributed by atoms with E-state index in [9.17, 15) is 15.0 Å². The molecule has 3 heteroatoms. The second-order valence-electron chi connectivity index (χ2n) is 8.83. The maximum Gasteiger partial charge on any atom is 0.155 e. The number of rotatable bonds is 0. The summed E-state index contributed by atoms with van der Waals surface area (Å²) >= 11 is 0. The smallest absolute Gasteiger partial charge is 0.155 e. The topological polar surface area (TPSA) is 57.5 Å². The first-order valence-electron chi connectivity index (χ1n) is 8.96. The third-order valence-electron chi connectivity index (χ3n) is 7.77. The van der Waals surface area contributed by atoms with Crippen molar-refractivity contribution in [2.75, 3.05) is 0 Å². The Morgan fingerprint density at radius 2 is 1.86 bits per heavy atom.